The quantitative estimate of drug-likeness (QED) is 0.332. The minimum absolute atomic E-state index is 0.100. The van der Waals surface area contributed by atoms with Crippen LogP contribution in [0.3, 0.4) is 0 Å². The van der Waals surface area contributed by atoms with E-state index in [9.17, 15) is 5.11 Å². The van der Waals surface area contributed by atoms with Crippen molar-refractivity contribution in [1.82, 2.24) is 0 Å². The van der Waals surface area contributed by atoms with Crippen molar-refractivity contribution in [1.29, 1.82) is 0 Å². The van der Waals surface area contributed by atoms with Gasteiger partial charge >= 0.3 is 190 Å². The van der Waals surface area contributed by atoms with Gasteiger partial charge < -0.3 is 0 Å². The first-order valence-corrected chi connectivity index (χ1v) is 21.8. The average Bonchev–Trinajstić information content (AvgIpc) is 2.98. The number of aliphatic hydroxyl groups is 1. The molecule has 3 fully saturated rings. The van der Waals surface area contributed by atoms with Gasteiger partial charge in [-0.2, -0.15) is 0 Å². The summed E-state index contributed by atoms with van der Waals surface area (Å²) in [6.45, 7) is 10.00. The van der Waals surface area contributed by atoms with E-state index in [0.29, 0.717) is 10.8 Å². The summed E-state index contributed by atoms with van der Waals surface area (Å²) >= 11 is -1.44. The first-order valence-electron chi connectivity index (χ1n) is 12.2. The van der Waals surface area contributed by atoms with Crippen molar-refractivity contribution < 1.29 is 28.4 Å². The molecule has 0 saturated heterocycles. The average molecular weight is 594 g/mol. The number of rotatable bonds is 5. The normalized spacial score (nSPS) is 45.5. The summed E-state index contributed by atoms with van der Waals surface area (Å²) < 4.78 is 1.73. The molecule has 1 nitrogen and oxygen atoms in total. The fraction of sp³-hybridized carbons (Fsp3) is 0.920. The Morgan fingerprint density at radius 1 is 1.07 bits per heavy atom. The van der Waals surface area contributed by atoms with Crippen LogP contribution in [0.2, 0.25) is 0 Å². The molecule has 3 heteroatoms. The van der Waals surface area contributed by atoms with E-state index in [1.807, 2.05) is 0 Å². The predicted molar refractivity (Wildman–Crippen MR) is 115 cm³/mol. The number of fused-ring (bicyclic) bond motifs is 5. The van der Waals surface area contributed by atoms with Crippen LogP contribution in [0.1, 0.15) is 98.3 Å². The van der Waals surface area contributed by atoms with E-state index in [-0.39, 0.29) is 6.10 Å². The van der Waals surface area contributed by atoms with E-state index >= 15 is 0 Å². The van der Waals surface area contributed by atoms with Crippen LogP contribution >= 0.6 is 8.25 Å². The number of hydrogen-bond donors (Lipinski definition) is 1. The number of allylic oxidation sites excluding steroid dienone is 1. The molecule has 0 spiro atoms. The van der Waals surface area contributed by atoms with Gasteiger partial charge in [0, 0.05) is 0 Å². The van der Waals surface area contributed by atoms with Gasteiger partial charge in [0.2, 0.25) is 0 Å². The molecule has 0 bridgehead atoms. The molecule has 0 radical (unpaired) electrons. The fourth-order valence-electron chi connectivity index (χ4n) is 8.41. The van der Waals surface area contributed by atoms with Gasteiger partial charge in [-0.05, 0) is 0 Å². The molecule has 7 atom stereocenters. The van der Waals surface area contributed by atoms with Gasteiger partial charge in [0.15, 0.2) is 0 Å². The second-order valence-electron chi connectivity index (χ2n) is 11.8. The molecule has 0 aromatic heterocycles. The zero-order valence-electron chi connectivity index (χ0n) is 18.8. The van der Waals surface area contributed by atoms with Crippen molar-refractivity contribution >= 4 is 8.25 Å². The number of hydrogen-bond acceptors (Lipinski definition) is 1. The van der Waals surface area contributed by atoms with Crippen molar-refractivity contribution in [2.24, 2.45) is 40.4 Å². The summed E-state index contributed by atoms with van der Waals surface area (Å²) in [6.07, 6.45) is 14.5. The third-order valence-electron chi connectivity index (χ3n) is 9.98. The first-order chi connectivity index (χ1) is 13.3. The Bertz CT molecular complexity index is 616. The monoisotopic (exact) mass is 594 g/mol. The van der Waals surface area contributed by atoms with Gasteiger partial charge in [-0.1, -0.05) is 0 Å². The van der Waals surface area contributed by atoms with Crippen molar-refractivity contribution in [2.45, 2.75) is 104 Å². The Labute approximate surface area is 189 Å². The summed E-state index contributed by atoms with van der Waals surface area (Å²) in [7, 11) is 6.73. The minimum atomic E-state index is -1.44. The third-order valence-corrected chi connectivity index (χ3v) is 16.8. The van der Waals surface area contributed by atoms with Crippen molar-refractivity contribution in [3.8, 4) is 0 Å². The molecule has 0 heterocycles. The molecule has 4 unspecified atom stereocenters. The summed E-state index contributed by atoms with van der Waals surface area (Å²) in [5, 5.41) is 10.4. The first kappa shape index (κ1) is 22.1. The molecule has 28 heavy (non-hydrogen) atoms. The molecule has 0 aliphatic heterocycles. The van der Waals surface area contributed by atoms with Crippen LogP contribution in [-0.4, -0.2) is 11.2 Å². The van der Waals surface area contributed by atoms with E-state index in [1.54, 1.807) is 8.65 Å². The van der Waals surface area contributed by atoms with Gasteiger partial charge in [-0.25, -0.2) is 0 Å². The molecule has 1 N–H and O–H groups in total. The molecular formula is C25H41ClHgO. The van der Waals surface area contributed by atoms with Crippen molar-refractivity contribution in [3.05, 3.63) is 8.65 Å². The summed E-state index contributed by atoms with van der Waals surface area (Å²) in [5.74, 6) is 4.51. The standard InChI is InChI=1S/C25H41O.ClH.Hg/c1-17(2)6-5-7-18-9-11-22-21-10-8-19-16-20(26)12-14-25(19,4)23(21)13-15-24(18,22)3;;/h17-18,20-23,26H,5-7,9-16H2,1-4H3;1H;/q;;+1/p-1/t18?,20-,21?,22?,23?,24+,25-;;/m0../s1. The molecule has 4 aliphatic rings. The van der Waals surface area contributed by atoms with Crippen molar-refractivity contribution in [3.63, 3.8) is 0 Å². The van der Waals surface area contributed by atoms with E-state index in [4.69, 9.17) is 8.25 Å². The van der Waals surface area contributed by atoms with E-state index in [2.05, 4.69) is 27.7 Å². The maximum atomic E-state index is 10.4. The summed E-state index contributed by atoms with van der Waals surface area (Å²) in [4.78, 5) is 0. The van der Waals surface area contributed by atoms with Gasteiger partial charge in [-0.3, -0.25) is 0 Å². The Morgan fingerprint density at radius 2 is 1.86 bits per heavy atom. The van der Waals surface area contributed by atoms with Gasteiger partial charge in [0.25, 0.3) is 0 Å². The van der Waals surface area contributed by atoms with Crippen LogP contribution in [0.25, 0.3) is 0 Å². The maximum absolute atomic E-state index is 10.4. The third kappa shape index (κ3) is 3.70. The van der Waals surface area contributed by atoms with Crippen molar-refractivity contribution in [2.75, 3.05) is 0 Å². The number of halogens is 1. The SMILES string of the molecule is CC(C)CCCC1CCC2C3C[C]([Hg][Cl])=C4C[C@@H](O)CC[C@]4(C)C3CC[C@]12C. The molecule has 156 valence electrons. The topological polar surface area (TPSA) is 20.2 Å². The molecule has 0 aromatic rings. The molecule has 4 rings (SSSR count). The second kappa shape index (κ2) is 8.46. The fourth-order valence-corrected chi connectivity index (χ4v) is 15.3. The van der Waals surface area contributed by atoms with E-state index < -0.39 is 23.3 Å². The van der Waals surface area contributed by atoms with Gasteiger partial charge in [-0.15, -0.1) is 0 Å². The summed E-state index contributed by atoms with van der Waals surface area (Å²) in [5.41, 5.74) is 2.62. The molecule has 4 aliphatic carbocycles. The molecule has 0 aromatic carbocycles. The van der Waals surface area contributed by atoms with Crippen LogP contribution in [0.4, 0.5) is 0 Å². The zero-order valence-corrected chi connectivity index (χ0v) is 25.0. The molecular weight excluding hydrogens is 552 g/mol. The zero-order chi connectivity index (χ0) is 20.1. The van der Waals surface area contributed by atoms with Crippen LogP contribution in [0.15, 0.2) is 8.65 Å². The second-order valence-corrected chi connectivity index (χ2v) is 18.5. The molecule has 0 amide bonds. The van der Waals surface area contributed by atoms with Crippen LogP contribution in [0, 0.1) is 40.4 Å². The van der Waals surface area contributed by atoms with Crippen LogP contribution in [-0.2, 0) is 23.3 Å². The van der Waals surface area contributed by atoms with Gasteiger partial charge in [0.1, 0.15) is 0 Å². The predicted octanol–water partition coefficient (Wildman–Crippen LogP) is 7.32. The molecule has 3 saturated carbocycles. The Hall–Kier alpha value is 0.925. The van der Waals surface area contributed by atoms with Crippen LogP contribution < -0.4 is 0 Å². The Kier molecular flexibility index (Phi) is 6.68. The van der Waals surface area contributed by atoms with E-state index in [0.717, 1.165) is 42.4 Å². The van der Waals surface area contributed by atoms with E-state index in [1.165, 1.54) is 57.8 Å². The van der Waals surface area contributed by atoms with Gasteiger partial charge in [0.05, 0.1) is 0 Å². The van der Waals surface area contributed by atoms with Crippen LogP contribution in [0.5, 0.6) is 0 Å². The summed E-state index contributed by atoms with van der Waals surface area (Å²) in [6, 6.07) is 0. The Morgan fingerprint density at radius 3 is 2.57 bits per heavy atom. The number of aliphatic hydroxyl groups excluding tert-OH is 1. The Balaban J connectivity index is 1.57.